The lowest BCUT2D eigenvalue weighted by Crippen LogP contribution is -2.76. The fourth-order valence-corrected chi connectivity index (χ4v) is 9.64. The van der Waals surface area contributed by atoms with Crippen LogP contribution in [0.25, 0.3) is 0 Å². The molecule has 0 aromatic heterocycles. The van der Waals surface area contributed by atoms with E-state index in [0.29, 0.717) is 12.8 Å². The van der Waals surface area contributed by atoms with Crippen molar-refractivity contribution >= 4 is 5.97 Å². The summed E-state index contributed by atoms with van der Waals surface area (Å²) in [5, 5.41) is 23.9. The zero-order valence-corrected chi connectivity index (χ0v) is 17.1. The number of carbonyl (C=O) groups excluding carboxylic acids is 1. The first kappa shape index (κ1) is 18.1. The lowest BCUT2D eigenvalue weighted by atomic mass is 9.42. The summed E-state index contributed by atoms with van der Waals surface area (Å²) in [4.78, 5) is 15.6. The van der Waals surface area contributed by atoms with Gasteiger partial charge in [0.25, 0.3) is 0 Å². The van der Waals surface area contributed by atoms with Crippen molar-refractivity contribution in [2.24, 2.45) is 34.5 Å². The smallest absolute Gasteiger partial charge is 0.312 e. The molecule has 0 radical (unpaired) electrons. The molecular formula is C22H33NO5. The zero-order valence-electron chi connectivity index (χ0n) is 17.1. The van der Waals surface area contributed by atoms with E-state index in [1.807, 2.05) is 0 Å². The number of esters is 1. The highest BCUT2D eigenvalue weighted by atomic mass is 16.5. The van der Waals surface area contributed by atoms with Crippen LogP contribution in [0.2, 0.25) is 0 Å². The monoisotopic (exact) mass is 391 g/mol. The van der Waals surface area contributed by atoms with Crippen molar-refractivity contribution in [3.05, 3.63) is 0 Å². The number of nitrogens with zero attached hydrogens (tertiary/aromatic N) is 1. The molecule has 0 amide bonds. The summed E-state index contributed by atoms with van der Waals surface area (Å²) in [5.74, 6) is -0.969. The van der Waals surface area contributed by atoms with Crippen LogP contribution in [0.1, 0.15) is 46.0 Å². The van der Waals surface area contributed by atoms with E-state index in [4.69, 9.17) is 9.47 Å². The topological polar surface area (TPSA) is 79.2 Å². The Morgan fingerprint density at radius 1 is 1.32 bits per heavy atom. The van der Waals surface area contributed by atoms with E-state index in [9.17, 15) is 15.0 Å². The van der Waals surface area contributed by atoms with E-state index in [1.165, 1.54) is 0 Å². The minimum absolute atomic E-state index is 0.0123. The van der Waals surface area contributed by atoms with Gasteiger partial charge in [0.05, 0.1) is 23.7 Å². The van der Waals surface area contributed by atoms with Gasteiger partial charge < -0.3 is 19.7 Å². The van der Waals surface area contributed by atoms with Crippen LogP contribution in [0, 0.1) is 34.5 Å². The highest BCUT2D eigenvalue weighted by molar-refractivity contribution is 5.77. The molecule has 4 saturated carbocycles. The summed E-state index contributed by atoms with van der Waals surface area (Å²) in [6.07, 6.45) is 3.38. The first-order valence-electron chi connectivity index (χ1n) is 11.2. The molecule has 7 rings (SSSR count). The Balaban J connectivity index is 1.66. The molecule has 4 aliphatic carbocycles. The van der Waals surface area contributed by atoms with E-state index in [0.717, 1.165) is 32.4 Å². The molecule has 9 bridgehead atoms. The summed E-state index contributed by atoms with van der Waals surface area (Å²) in [5.41, 5.74) is -1.46. The number of piperidine rings is 1. The van der Waals surface area contributed by atoms with Crippen LogP contribution in [0.15, 0.2) is 0 Å². The van der Waals surface area contributed by atoms with Gasteiger partial charge in [0.1, 0.15) is 6.10 Å². The number of hydrogen-bond acceptors (Lipinski definition) is 6. The number of aliphatic hydroxyl groups excluding tert-OH is 1. The lowest BCUT2D eigenvalue weighted by molar-refractivity contribution is -0.269. The minimum atomic E-state index is -1.17. The van der Waals surface area contributed by atoms with Gasteiger partial charge in [0.15, 0.2) is 0 Å². The van der Waals surface area contributed by atoms with Gasteiger partial charge in [-0.15, -0.1) is 0 Å². The molecule has 0 aromatic rings. The molecule has 3 heterocycles. The fourth-order valence-electron chi connectivity index (χ4n) is 9.64. The summed E-state index contributed by atoms with van der Waals surface area (Å²) in [6, 6.07) is 0.0757. The summed E-state index contributed by atoms with van der Waals surface area (Å²) < 4.78 is 11.9. The van der Waals surface area contributed by atoms with Crippen molar-refractivity contribution in [1.29, 1.82) is 0 Å². The largest absolute Gasteiger partial charge is 0.462 e. The summed E-state index contributed by atoms with van der Waals surface area (Å²) in [7, 11) is 1.79. The van der Waals surface area contributed by atoms with Crippen molar-refractivity contribution < 1.29 is 24.5 Å². The number of methoxy groups -OCH3 is 1. The van der Waals surface area contributed by atoms with Gasteiger partial charge in [-0.3, -0.25) is 9.69 Å². The Morgan fingerprint density at radius 3 is 2.82 bits per heavy atom. The van der Waals surface area contributed by atoms with E-state index in [1.54, 1.807) is 7.11 Å². The number of likely N-dealkylation sites (tertiary alicyclic amines) is 1. The molecule has 2 N–H and O–H groups in total. The van der Waals surface area contributed by atoms with Crippen molar-refractivity contribution in [2.75, 3.05) is 20.2 Å². The average Bonchev–Trinajstić information content (AvgIpc) is 2.73. The normalized spacial score (nSPS) is 61.8. The van der Waals surface area contributed by atoms with Crippen molar-refractivity contribution in [3.8, 4) is 0 Å². The standard InChI is InChI=1S/C22H33NO5/c1-4-23-10-20(2)7-6-13(27-3)22-12-9-11-5-8-21(26,14(12)19(25)28-11)15(18(22)23)16(24)17(20)22/h11-18,24,26H,4-10H2,1-3H3/t11-,12?,13?,14?,15-,16?,17?,18+,20-,21+,22-/m0/s1. The molecule has 1 spiro atoms. The third-order valence-electron chi connectivity index (χ3n) is 10.1. The van der Waals surface area contributed by atoms with Gasteiger partial charge >= 0.3 is 5.97 Å². The number of fused-ring (bicyclic) bond motifs is 2. The van der Waals surface area contributed by atoms with E-state index < -0.39 is 17.6 Å². The van der Waals surface area contributed by atoms with Gasteiger partial charge in [-0.2, -0.15) is 0 Å². The molecule has 6 heteroatoms. The predicted octanol–water partition coefficient (Wildman–Crippen LogP) is 1.19. The Hall–Kier alpha value is -0.690. The molecule has 156 valence electrons. The second kappa shape index (κ2) is 5.32. The Kier molecular flexibility index (Phi) is 3.44. The van der Waals surface area contributed by atoms with Crippen LogP contribution >= 0.6 is 0 Å². The van der Waals surface area contributed by atoms with Gasteiger partial charge in [-0.1, -0.05) is 13.8 Å². The maximum absolute atomic E-state index is 13.1. The first-order valence-corrected chi connectivity index (χ1v) is 11.2. The number of aliphatic hydroxyl groups is 2. The average molecular weight is 392 g/mol. The zero-order chi connectivity index (χ0) is 19.6. The van der Waals surface area contributed by atoms with Gasteiger partial charge in [0, 0.05) is 36.9 Å². The molecule has 0 aromatic carbocycles. The second-order valence-electron chi connectivity index (χ2n) is 10.8. The van der Waals surface area contributed by atoms with Gasteiger partial charge in [0.2, 0.25) is 0 Å². The van der Waals surface area contributed by atoms with Crippen LogP contribution in [0.3, 0.4) is 0 Å². The molecule has 7 aliphatic rings. The first-order chi connectivity index (χ1) is 13.3. The highest BCUT2D eigenvalue weighted by Gasteiger charge is 2.84. The van der Waals surface area contributed by atoms with Crippen molar-refractivity contribution in [2.45, 2.75) is 75.9 Å². The number of rotatable bonds is 2. The number of carbonyl (C=O) groups is 1. The summed E-state index contributed by atoms with van der Waals surface area (Å²) in [6.45, 7) is 6.38. The van der Waals surface area contributed by atoms with Crippen LogP contribution in [-0.4, -0.2) is 71.2 Å². The van der Waals surface area contributed by atoms with Crippen molar-refractivity contribution in [1.82, 2.24) is 4.90 Å². The van der Waals surface area contributed by atoms with Gasteiger partial charge in [-0.05, 0) is 50.0 Å². The minimum Gasteiger partial charge on any atom is -0.462 e. The molecule has 11 atom stereocenters. The Morgan fingerprint density at radius 2 is 2.11 bits per heavy atom. The van der Waals surface area contributed by atoms with E-state index in [2.05, 4.69) is 18.7 Å². The lowest BCUT2D eigenvalue weighted by Gasteiger charge is -2.69. The van der Waals surface area contributed by atoms with Crippen LogP contribution in [-0.2, 0) is 14.3 Å². The second-order valence-corrected chi connectivity index (χ2v) is 10.8. The molecule has 7 fully saturated rings. The van der Waals surface area contributed by atoms with Crippen LogP contribution in [0.5, 0.6) is 0 Å². The molecular weight excluding hydrogens is 358 g/mol. The maximum atomic E-state index is 13.1. The molecule has 3 saturated heterocycles. The van der Waals surface area contributed by atoms with Crippen LogP contribution in [0.4, 0.5) is 0 Å². The molecule has 5 unspecified atom stereocenters. The van der Waals surface area contributed by atoms with E-state index >= 15 is 0 Å². The van der Waals surface area contributed by atoms with Gasteiger partial charge in [-0.25, -0.2) is 0 Å². The molecule has 3 aliphatic heterocycles. The number of ether oxygens (including phenoxy) is 2. The quantitative estimate of drug-likeness (QED) is 0.689. The Bertz CT molecular complexity index is 730. The maximum Gasteiger partial charge on any atom is 0.312 e. The highest BCUT2D eigenvalue weighted by Crippen LogP contribution is 2.77. The van der Waals surface area contributed by atoms with E-state index in [-0.39, 0.29) is 52.8 Å². The van der Waals surface area contributed by atoms with Crippen molar-refractivity contribution in [3.63, 3.8) is 0 Å². The predicted molar refractivity (Wildman–Crippen MR) is 100 cm³/mol. The third-order valence-corrected chi connectivity index (χ3v) is 10.1. The van der Waals surface area contributed by atoms with Crippen LogP contribution < -0.4 is 0 Å². The fraction of sp³-hybridized carbons (Fsp3) is 0.955. The number of hydrogen-bond donors (Lipinski definition) is 2. The summed E-state index contributed by atoms with van der Waals surface area (Å²) >= 11 is 0. The third kappa shape index (κ3) is 1.68. The molecule has 6 nitrogen and oxygen atoms in total. The molecule has 28 heavy (non-hydrogen) atoms. The Labute approximate surface area is 166 Å². The SMILES string of the molecule is CCN1C[C@]2(C)CCC(OC)[C@@]34C5C[C@@H]6CC[C@@](O)(C5C(=O)O6)[C@@H](C(O)C23)[C@@H]14.